The van der Waals surface area contributed by atoms with Gasteiger partial charge in [0, 0.05) is 27.4 Å². The van der Waals surface area contributed by atoms with Crippen LogP contribution in [0.2, 0.25) is 0 Å². The highest BCUT2D eigenvalue weighted by Gasteiger charge is 2.15. The molecule has 3 heterocycles. The van der Waals surface area contributed by atoms with E-state index in [2.05, 4.69) is 48.3 Å². The number of fused-ring (bicyclic) bond motifs is 4. The highest BCUT2D eigenvalue weighted by Crippen LogP contribution is 2.36. The zero-order valence-electron chi connectivity index (χ0n) is 14.1. The van der Waals surface area contributed by atoms with E-state index in [1.807, 2.05) is 31.2 Å². The standard InChI is InChI=1S/C22H16N2O/c1-13-11-17-16-9-7-14(2)23-22(16)25-21(17)18(12-13)20-10-8-15-5-3-4-6-19(15)24-20/h3-12H,1-2H3. The molecule has 5 rings (SSSR count). The molecule has 0 aliphatic rings. The van der Waals surface area contributed by atoms with Crippen molar-refractivity contribution in [3.8, 4) is 11.3 Å². The third-order valence-corrected chi connectivity index (χ3v) is 4.60. The SMILES string of the molecule is Cc1cc(-c2ccc3ccccc3n2)c2oc3nc(C)ccc3c2c1. The summed E-state index contributed by atoms with van der Waals surface area (Å²) in [7, 11) is 0. The van der Waals surface area contributed by atoms with Crippen LogP contribution in [0.5, 0.6) is 0 Å². The number of rotatable bonds is 1. The Morgan fingerprint density at radius 1 is 0.800 bits per heavy atom. The van der Waals surface area contributed by atoms with Crippen molar-refractivity contribution in [3.63, 3.8) is 0 Å². The van der Waals surface area contributed by atoms with Crippen molar-refractivity contribution < 1.29 is 4.42 Å². The van der Waals surface area contributed by atoms with Crippen LogP contribution in [0, 0.1) is 13.8 Å². The molecule has 0 fully saturated rings. The molecule has 25 heavy (non-hydrogen) atoms. The molecule has 0 aliphatic heterocycles. The van der Waals surface area contributed by atoms with Crippen molar-refractivity contribution in [1.82, 2.24) is 9.97 Å². The second kappa shape index (κ2) is 5.15. The largest absolute Gasteiger partial charge is 0.437 e. The molecule has 3 heteroatoms. The normalized spacial score (nSPS) is 11.6. The molecule has 0 saturated heterocycles. The molecule has 5 aromatic rings. The highest BCUT2D eigenvalue weighted by molar-refractivity contribution is 6.08. The van der Waals surface area contributed by atoms with Crippen molar-refractivity contribution in [2.75, 3.05) is 0 Å². The predicted octanol–water partition coefficient (Wildman–Crippen LogP) is 5.81. The molecule has 3 nitrogen and oxygen atoms in total. The maximum absolute atomic E-state index is 6.13. The van der Waals surface area contributed by atoms with E-state index in [1.54, 1.807) is 0 Å². The fourth-order valence-corrected chi connectivity index (χ4v) is 3.40. The molecule has 0 bridgehead atoms. The molecule has 0 saturated carbocycles. The van der Waals surface area contributed by atoms with Crippen molar-refractivity contribution in [3.05, 3.63) is 71.9 Å². The fraction of sp³-hybridized carbons (Fsp3) is 0.0909. The molecule has 0 amide bonds. The van der Waals surface area contributed by atoms with Crippen molar-refractivity contribution in [1.29, 1.82) is 0 Å². The first-order valence-corrected chi connectivity index (χ1v) is 8.36. The average Bonchev–Trinajstić information content (AvgIpc) is 2.98. The van der Waals surface area contributed by atoms with Gasteiger partial charge in [-0.25, -0.2) is 9.97 Å². The number of pyridine rings is 2. The predicted molar refractivity (Wildman–Crippen MR) is 102 cm³/mol. The Morgan fingerprint density at radius 3 is 2.60 bits per heavy atom. The molecule has 0 atom stereocenters. The Labute approximate surface area is 144 Å². The van der Waals surface area contributed by atoms with Crippen LogP contribution in [-0.2, 0) is 0 Å². The summed E-state index contributed by atoms with van der Waals surface area (Å²) in [5.41, 5.74) is 6.58. The summed E-state index contributed by atoms with van der Waals surface area (Å²) in [4.78, 5) is 9.38. The minimum absolute atomic E-state index is 0.683. The molecular formula is C22H16N2O. The number of aromatic nitrogens is 2. The Kier molecular flexibility index (Phi) is 2.92. The van der Waals surface area contributed by atoms with Crippen molar-refractivity contribution in [2.24, 2.45) is 0 Å². The van der Waals surface area contributed by atoms with Crippen LogP contribution >= 0.6 is 0 Å². The van der Waals surface area contributed by atoms with Crippen LogP contribution in [0.25, 0.3) is 44.2 Å². The lowest BCUT2D eigenvalue weighted by Crippen LogP contribution is -1.87. The summed E-state index contributed by atoms with van der Waals surface area (Å²) in [5, 5.41) is 3.27. The van der Waals surface area contributed by atoms with E-state index in [1.165, 1.54) is 5.56 Å². The van der Waals surface area contributed by atoms with Gasteiger partial charge in [0.05, 0.1) is 11.2 Å². The second-order valence-electron chi connectivity index (χ2n) is 6.49. The minimum Gasteiger partial charge on any atom is -0.437 e. The number of benzene rings is 2. The Bertz CT molecular complexity index is 1270. The van der Waals surface area contributed by atoms with Gasteiger partial charge in [0.15, 0.2) is 0 Å². The van der Waals surface area contributed by atoms with Gasteiger partial charge in [-0.3, -0.25) is 0 Å². The third-order valence-electron chi connectivity index (χ3n) is 4.60. The van der Waals surface area contributed by atoms with Gasteiger partial charge in [-0.2, -0.15) is 0 Å². The smallest absolute Gasteiger partial charge is 0.227 e. The van der Waals surface area contributed by atoms with E-state index in [4.69, 9.17) is 9.40 Å². The van der Waals surface area contributed by atoms with Crippen LogP contribution in [0.3, 0.4) is 0 Å². The first kappa shape index (κ1) is 14.2. The van der Waals surface area contributed by atoms with Crippen LogP contribution in [0.15, 0.2) is 65.1 Å². The van der Waals surface area contributed by atoms with E-state index >= 15 is 0 Å². The lowest BCUT2D eigenvalue weighted by molar-refractivity contribution is 0.653. The first-order chi connectivity index (χ1) is 12.2. The molecule has 0 spiro atoms. The Balaban J connectivity index is 1.86. The summed E-state index contributed by atoms with van der Waals surface area (Å²) >= 11 is 0. The van der Waals surface area contributed by atoms with Gasteiger partial charge in [-0.1, -0.05) is 24.3 Å². The summed E-state index contributed by atoms with van der Waals surface area (Å²) < 4.78 is 6.13. The van der Waals surface area contributed by atoms with Crippen LogP contribution in [0.1, 0.15) is 11.3 Å². The molecular weight excluding hydrogens is 308 g/mol. The number of nitrogens with zero attached hydrogens (tertiary/aromatic N) is 2. The highest BCUT2D eigenvalue weighted by atomic mass is 16.3. The maximum Gasteiger partial charge on any atom is 0.227 e. The van der Waals surface area contributed by atoms with Gasteiger partial charge in [0.25, 0.3) is 0 Å². The van der Waals surface area contributed by atoms with Gasteiger partial charge >= 0.3 is 0 Å². The summed E-state index contributed by atoms with van der Waals surface area (Å²) in [5.74, 6) is 0. The number of hydrogen-bond donors (Lipinski definition) is 0. The summed E-state index contributed by atoms with van der Waals surface area (Å²) in [6.45, 7) is 4.08. The summed E-state index contributed by atoms with van der Waals surface area (Å²) in [6, 6.07) is 20.7. The van der Waals surface area contributed by atoms with E-state index in [9.17, 15) is 0 Å². The molecule has 0 unspecified atom stereocenters. The van der Waals surface area contributed by atoms with Crippen LogP contribution in [-0.4, -0.2) is 9.97 Å². The fourth-order valence-electron chi connectivity index (χ4n) is 3.40. The Hall–Kier alpha value is -3.20. The maximum atomic E-state index is 6.13. The Morgan fingerprint density at radius 2 is 1.68 bits per heavy atom. The quantitative estimate of drug-likeness (QED) is 0.390. The van der Waals surface area contributed by atoms with E-state index in [0.717, 1.165) is 44.2 Å². The molecule has 120 valence electrons. The van der Waals surface area contributed by atoms with Gasteiger partial charge in [0.1, 0.15) is 5.58 Å². The molecule has 0 aliphatic carbocycles. The van der Waals surface area contributed by atoms with E-state index in [0.29, 0.717) is 5.71 Å². The van der Waals surface area contributed by atoms with E-state index in [-0.39, 0.29) is 0 Å². The lowest BCUT2D eigenvalue weighted by atomic mass is 10.0. The third kappa shape index (κ3) is 2.20. The van der Waals surface area contributed by atoms with Gasteiger partial charge in [-0.15, -0.1) is 0 Å². The molecule has 0 radical (unpaired) electrons. The minimum atomic E-state index is 0.683. The van der Waals surface area contributed by atoms with Crippen LogP contribution in [0.4, 0.5) is 0 Å². The van der Waals surface area contributed by atoms with Gasteiger partial charge in [-0.05, 0) is 55.8 Å². The molecule has 0 N–H and O–H groups in total. The zero-order chi connectivity index (χ0) is 17.0. The number of furan rings is 1. The average molecular weight is 324 g/mol. The molecule has 2 aromatic carbocycles. The number of hydrogen-bond acceptors (Lipinski definition) is 3. The second-order valence-corrected chi connectivity index (χ2v) is 6.49. The topological polar surface area (TPSA) is 38.9 Å². The zero-order valence-corrected chi connectivity index (χ0v) is 14.1. The summed E-state index contributed by atoms with van der Waals surface area (Å²) in [6.07, 6.45) is 0. The van der Waals surface area contributed by atoms with Crippen molar-refractivity contribution in [2.45, 2.75) is 13.8 Å². The van der Waals surface area contributed by atoms with Crippen LogP contribution < -0.4 is 0 Å². The number of aryl methyl sites for hydroxylation is 2. The van der Waals surface area contributed by atoms with Crippen molar-refractivity contribution >= 4 is 33.0 Å². The van der Waals surface area contributed by atoms with Gasteiger partial charge < -0.3 is 4.42 Å². The molecule has 3 aromatic heterocycles. The number of para-hydroxylation sites is 1. The van der Waals surface area contributed by atoms with Gasteiger partial charge in [0.2, 0.25) is 5.71 Å². The van der Waals surface area contributed by atoms with E-state index < -0.39 is 0 Å². The lowest BCUT2D eigenvalue weighted by Gasteiger charge is -2.05. The first-order valence-electron chi connectivity index (χ1n) is 8.36. The monoisotopic (exact) mass is 324 g/mol.